The molecule has 478 valence electrons. The lowest BCUT2D eigenvalue weighted by atomic mass is 10.0. The highest BCUT2D eigenvalue weighted by Crippen LogP contribution is 2.19. The lowest BCUT2D eigenvalue weighted by Crippen LogP contribution is -2.30. The summed E-state index contributed by atoms with van der Waals surface area (Å²) in [6, 6.07) is 0. The van der Waals surface area contributed by atoms with Crippen LogP contribution in [0.4, 0.5) is 0 Å². The standard InChI is InChI=1S/C75H142O6/c1-4-7-10-13-16-19-22-25-27-29-31-33-34-35-36-37-38-39-40-41-42-43-45-46-48-50-53-56-59-62-65-68-74(77)80-71-72(70-79-73(76)67-64-61-58-55-52-24-21-18-15-12-9-6-3)81-75(78)69-66-63-60-57-54-51-49-47-44-32-30-28-26-23-20-17-14-11-8-5-2/h22,25,29,31,72H,4-21,23-24,26-28,30,32-71H2,1-3H3/b25-22-,31-29-. The summed E-state index contributed by atoms with van der Waals surface area (Å²) in [4.78, 5) is 38.4. The molecule has 0 aromatic rings. The molecule has 0 aromatic carbocycles. The molecule has 6 nitrogen and oxygen atoms in total. The molecule has 1 unspecified atom stereocenters. The quantitative estimate of drug-likeness (QED) is 0.0261. The van der Waals surface area contributed by atoms with Crippen LogP contribution in [0.15, 0.2) is 24.3 Å². The van der Waals surface area contributed by atoms with Crippen LogP contribution >= 0.6 is 0 Å². The largest absolute Gasteiger partial charge is 0.462 e. The van der Waals surface area contributed by atoms with Crippen LogP contribution in [0.25, 0.3) is 0 Å². The second-order valence-corrected chi connectivity index (χ2v) is 25.2. The highest BCUT2D eigenvalue weighted by atomic mass is 16.6. The van der Waals surface area contributed by atoms with Crippen molar-refractivity contribution in [2.75, 3.05) is 13.2 Å². The molecule has 0 saturated carbocycles. The van der Waals surface area contributed by atoms with E-state index in [1.807, 2.05) is 0 Å². The van der Waals surface area contributed by atoms with Gasteiger partial charge < -0.3 is 14.2 Å². The highest BCUT2D eigenvalue weighted by molar-refractivity contribution is 5.71. The Kier molecular flexibility index (Phi) is 68.5. The molecular formula is C75H142O6. The fraction of sp³-hybridized carbons (Fsp3) is 0.907. The molecule has 0 N–H and O–H groups in total. The summed E-state index contributed by atoms with van der Waals surface area (Å²) in [5.74, 6) is -0.827. The van der Waals surface area contributed by atoms with Gasteiger partial charge in [-0.2, -0.15) is 0 Å². The Labute approximate surface area is 506 Å². The summed E-state index contributed by atoms with van der Waals surface area (Å²) < 4.78 is 17.0. The summed E-state index contributed by atoms with van der Waals surface area (Å²) in [7, 11) is 0. The van der Waals surface area contributed by atoms with Gasteiger partial charge in [-0.3, -0.25) is 14.4 Å². The van der Waals surface area contributed by atoms with Crippen molar-refractivity contribution in [3.63, 3.8) is 0 Å². The van der Waals surface area contributed by atoms with Gasteiger partial charge in [0.15, 0.2) is 6.10 Å². The van der Waals surface area contributed by atoms with Crippen molar-refractivity contribution < 1.29 is 28.6 Å². The molecule has 0 amide bonds. The van der Waals surface area contributed by atoms with Crippen LogP contribution in [-0.4, -0.2) is 37.2 Å². The summed E-state index contributed by atoms with van der Waals surface area (Å²) in [5, 5.41) is 0. The SMILES string of the molecule is CCCCCCC/C=C\C/C=C\CCCCCCCCCCCCCCCCCCCCCC(=O)OCC(COC(=O)CCCCCCCCCCCCCC)OC(=O)CCCCCCCCCCCCCCCCCCCCCC. The Bertz CT molecular complexity index is 1310. The maximum Gasteiger partial charge on any atom is 0.306 e. The van der Waals surface area contributed by atoms with Crippen molar-refractivity contribution in [2.45, 2.75) is 425 Å². The molecular weight excluding hydrogens is 997 g/mol. The Morgan fingerprint density at radius 2 is 0.444 bits per heavy atom. The number of unbranched alkanes of at least 4 members (excludes halogenated alkanes) is 54. The zero-order valence-corrected chi connectivity index (χ0v) is 55.1. The number of hydrogen-bond donors (Lipinski definition) is 0. The summed E-state index contributed by atoms with van der Waals surface area (Å²) in [6.07, 6.45) is 86.5. The van der Waals surface area contributed by atoms with E-state index in [0.29, 0.717) is 19.3 Å². The van der Waals surface area contributed by atoms with Crippen molar-refractivity contribution in [1.82, 2.24) is 0 Å². The molecule has 0 spiro atoms. The van der Waals surface area contributed by atoms with Crippen molar-refractivity contribution >= 4 is 17.9 Å². The molecule has 0 heterocycles. The molecule has 0 aliphatic carbocycles. The molecule has 0 aliphatic heterocycles. The second kappa shape index (κ2) is 70.4. The van der Waals surface area contributed by atoms with E-state index in [-0.39, 0.29) is 31.1 Å². The number of rotatable bonds is 69. The van der Waals surface area contributed by atoms with Crippen LogP contribution in [0.3, 0.4) is 0 Å². The normalized spacial score (nSPS) is 12.1. The van der Waals surface area contributed by atoms with Gasteiger partial charge in [0.05, 0.1) is 0 Å². The number of carbonyl (C=O) groups excluding carboxylic acids is 3. The first-order valence-corrected chi connectivity index (χ1v) is 36.8. The second-order valence-electron chi connectivity index (χ2n) is 25.2. The lowest BCUT2D eigenvalue weighted by Gasteiger charge is -2.18. The fourth-order valence-corrected chi connectivity index (χ4v) is 11.4. The monoisotopic (exact) mass is 1140 g/mol. The Morgan fingerprint density at radius 3 is 0.679 bits per heavy atom. The minimum absolute atomic E-state index is 0.0629. The van der Waals surface area contributed by atoms with Gasteiger partial charge in [0.25, 0.3) is 0 Å². The number of hydrogen-bond acceptors (Lipinski definition) is 6. The molecule has 6 heteroatoms. The average molecular weight is 1140 g/mol. The summed E-state index contributed by atoms with van der Waals surface area (Å²) >= 11 is 0. The number of ether oxygens (including phenoxy) is 3. The van der Waals surface area contributed by atoms with Crippen LogP contribution < -0.4 is 0 Å². The van der Waals surface area contributed by atoms with Crippen molar-refractivity contribution in [2.24, 2.45) is 0 Å². The van der Waals surface area contributed by atoms with E-state index in [0.717, 1.165) is 64.2 Å². The predicted molar refractivity (Wildman–Crippen MR) is 353 cm³/mol. The van der Waals surface area contributed by atoms with Crippen LogP contribution in [0.1, 0.15) is 419 Å². The van der Waals surface area contributed by atoms with Gasteiger partial charge in [-0.05, 0) is 51.4 Å². The van der Waals surface area contributed by atoms with Gasteiger partial charge in [-0.15, -0.1) is 0 Å². The Hall–Kier alpha value is -2.11. The third-order valence-corrected chi connectivity index (χ3v) is 17.0. The predicted octanol–water partition coefficient (Wildman–Crippen LogP) is 25.3. The van der Waals surface area contributed by atoms with Gasteiger partial charge >= 0.3 is 17.9 Å². The zero-order valence-electron chi connectivity index (χ0n) is 55.1. The van der Waals surface area contributed by atoms with Gasteiger partial charge in [0.1, 0.15) is 13.2 Å². The van der Waals surface area contributed by atoms with E-state index in [2.05, 4.69) is 45.1 Å². The summed E-state index contributed by atoms with van der Waals surface area (Å²) in [5.41, 5.74) is 0. The zero-order chi connectivity index (χ0) is 58.5. The number of carbonyl (C=O) groups is 3. The molecule has 0 bridgehead atoms. The van der Waals surface area contributed by atoms with Crippen molar-refractivity contribution in [3.05, 3.63) is 24.3 Å². The minimum atomic E-state index is -0.766. The van der Waals surface area contributed by atoms with E-state index in [4.69, 9.17) is 14.2 Å². The number of allylic oxidation sites excluding steroid dienone is 4. The van der Waals surface area contributed by atoms with Crippen LogP contribution in [0.2, 0.25) is 0 Å². The molecule has 81 heavy (non-hydrogen) atoms. The van der Waals surface area contributed by atoms with Gasteiger partial charge in [-0.1, -0.05) is 373 Å². The average Bonchev–Trinajstić information content (AvgIpc) is 3.47. The van der Waals surface area contributed by atoms with E-state index in [1.165, 1.54) is 315 Å². The third-order valence-electron chi connectivity index (χ3n) is 17.0. The maximum atomic E-state index is 12.9. The highest BCUT2D eigenvalue weighted by Gasteiger charge is 2.20. The van der Waals surface area contributed by atoms with E-state index < -0.39 is 6.10 Å². The minimum Gasteiger partial charge on any atom is -0.462 e. The smallest absolute Gasteiger partial charge is 0.306 e. The molecule has 0 aliphatic rings. The van der Waals surface area contributed by atoms with E-state index in [9.17, 15) is 14.4 Å². The number of esters is 3. The van der Waals surface area contributed by atoms with E-state index >= 15 is 0 Å². The first-order valence-electron chi connectivity index (χ1n) is 36.8. The van der Waals surface area contributed by atoms with Gasteiger partial charge in [-0.25, -0.2) is 0 Å². The maximum absolute atomic E-state index is 12.9. The van der Waals surface area contributed by atoms with Crippen LogP contribution in [-0.2, 0) is 28.6 Å². The van der Waals surface area contributed by atoms with Crippen LogP contribution in [0.5, 0.6) is 0 Å². The molecule has 1 atom stereocenters. The first kappa shape index (κ1) is 78.9. The topological polar surface area (TPSA) is 78.9 Å². The van der Waals surface area contributed by atoms with E-state index in [1.54, 1.807) is 0 Å². The van der Waals surface area contributed by atoms with Gasteiger partial charge in [0.2, 0.25) is 0 Å². The van der Waals surface area contributed by atoms with Crippen molar-refractivity contribution in [1.29, 1.82) is 0 Å². The molecule has 0 rings (SSSR count). The third kappa shape index (κ3) is 68.6. The van der Waals surface area contributed by atoms with Crippen molar-refractivity contribution in [3.8, 4) is 0 Å². The van der Waals surface area contributed by atoms with Gasteiger partial charge in [0, 0.05) is 19.3 Å². The molecule has 0 fully saturated rings. The lowest BCUT2D eigenvalue weighted by molar-refractivity contribution is -0.167. The Morgan fingerprint density at radius 1 is 0.247 bits per heavy atom. The Balaban J connectivity index is 4.12. The first-order chi connectivity index (χ1) is 40.0. The molecule has 0 radical (unpaired) electrons. The van der Waals surface area contributed by atoms with Crippen LogP contribution in [0, 0.1) is 0 Å². The molecule has 0 saturated heterocycles. The molecule has 0 aromatic heterocycles. The summed E-state index contributed by atoms with van der Waals surface area (Å²) in [6.45, 7) is 6.71. The fourth-order valence-electron chi connectivity index (χ4n) is 11.4.